The van der Waals surface area contributed by atoms with Crippen LogP contribution in [0.25, 0.3) is 0 Å². The van der Waals surface area contributed by atoms with E-state index in [0.717, 1.165) is 5.13 Å². The Bertz CT molecular complexity index is 210. The van der Waals surface area contributed by atoms with E-state index in [1.807, 2.05) is 13.8 Å². The average molecular weight is 192 g/mol. The summed E-state index contributed by atoms with van der Waals surface area (Å²) in [6.07, 6.45) is 0. The zero-order chi connectivity index (χ0) is 8.32. The van der Waals surface area contributed by atoms with Gasteiger partial charge in [-0.05, 0) is 13.8 Å². The van der Waals surface area contributed by atoms with E-state index in [9.17, 15) is 0 Å². The molecule has 11 heavy (non-hydrogen) atoms. The number of rotatable bonds is 3. The molecule has 0 aliphatic carbocycles. The van der Waals surface area contributed by atoms with Crippen LogP contribution in [0.5, 0.6) is 0 Å². The molecule has 0 saturated heterocycles. The van der Waals surface area contributed by atoms with Gasteiger partial charge in [0.05, 0.1) is 0 Å². The molecule has 1 aromatic rings. The molecular formula is C6H10ClN3S. The molecule has 0 spiro atoms. The largest absolute Gasteiger partial charge is 0.354 e. The Hall–Kier alpha value is -0.350. The minimum Gasteiger partial charge on any atom is -0.354 e. The first kappa shape index (κ1) is 8.74. The molecule has 3 nitrogen and oxygen atoms in total. The summed E-state index contributed by atoms with van der Waals surface area (Å²) in [7, 11) is 0. The highest BCUT2D eigenvalue weighted by Crippen LogP contribution is 2.16. The summed E-state index contributed by atoms with van der Waals surface area (Å²) in [5, 5.41) is 11.5. The fraction of sp³-hybridized carbons (Fsp3) is 0.667. The van der Waals surface area contributed by atoms with Gasteiger partial charge in [-0.1, -0.05) is 11.3 Å². The number of hydrogen-bond acceptors (Lipinski definition) is 4. The minimum atomic E-state index is -0.110. The summed E-state index contributed by atoms with van der Waals surface area (Å²) in [6, 6.07) is 0. The number of nitrogens with one attached hydrogen (secondary N) is 1. The number of halogens is 1. The maximum atomic E-state index is 5.70. The molecule has 62 valence electrons. The molecule has 0 radical (unpaired) electrons. The van der Waals surface area contributed by atoms with E-state index >= 15 is 0 Å². The Labute approximate surface area is 74.8 Å². The van der Waals surface area contributed by atoms with Crippen LogP contribution < -0.4 is 5.32 Å². The average Bonchev–Trinajstić information content (AvgIpc) is 2.39. The summed E-state index contributed by atoms with van der Waals surface area (Å²) in [6.45, 7) is 4.03. The first-order valence-electron chi connectivity index (χ1n) is 3.24. The Morgan fingerprint density at radius 3 is 2.91 bits per heavy atom. The van der Waals surface area contributed by atoms with Crippen molar-refractivity contribution in [2.24, 2.45) is 0 Å². The first-order chi connectivity index (χ1) is 5.14. The lowest BCUT2D eigenvalue weighted by molar-refractivity contribution is 0.639. The molecule has 5 heteroatoms. The van der Waals surface area contributed by atoms with Gasteiger partial charge in [-0.15, -0.1) is 21.8 Å². The molecule has 0 fully saturated rings. The summed E-state index contributed by atoms with van der Waals surface area (Å²) < 4.78 is 0. The standard InChI is InChI=1S/C6H10ClN3S/c1-6(2,3-7)9-5-10-8-4-11-5/h4H,3H2,1-2H3,(H,9,10). The van der Waals surface area contributed by atoms with Crippen LogP contribution in [0.1, 0.15) is 13.8 Å². The zero-order valence-electron chi connectivity index (χ0n) is 6.47. The molecular weight excluding hydrogens is 182 g/mol. The van der Waals surface area contributed by atoms with Gasteiger partial charge in [-0.2, -0.15) is 0 Å². The Kier molecular flexibility index (Phi) is 2.67. The van der Waals surface area contributed by atoms with Crippen LogP contribution in [0.4, 0.5) is 5.13 Å². The summed E-state index contributed by atoms with van der Waals surface area (Å²) >= 11 is 7.18. The van der Waals surface area contributed by atoms with Crippen molar-refractivity contribution < 1.29 is 0 Å². The van der Waals surface area contributed by atoms with Crippen LogP contribution in [-0.2, 0) is 0 Å². The molecule has 1 N–H and O–H groups in total. The SMILES string of the molecule is CC(C)(CCl)Nc1nncs1. The molecule has 0 aliphatic heterocycles. The molecule has 1 heterocycles. The van der Waals surface area contributed by atoms with Crippen molar-refractivity contribution in [3.05, 3.63) is 5.51 Å². The van der Waals surface area contributed by atoms with Crippen molar-refractivity contribution in [3.8, 4) is 0 Å². The van der Waals surface area contributed by atoms with Gasteiger partial charge in [0.1, 0.15) is 5.51 Å². The smallest absolute Gasteiger partial charge is 0.205 e. The number of alkyl halides is 1. The van der Waals surface area contributed by atoms with Gasteiger partial charge in [-0.3, -0.25) is 0 Å². The van der Waals surface area contributed by atoms with E-state index in [1.165, 1.54) is 11.3 Å². The number of hydrogen-bond donors (Lipinski definition) is 1. The highest BCUT2D eigenvalue weighted by Gasteiger charge is 2.16. The quantitative estimate of drug-likeness (QED) is 0.743. The molecule has 0 bridgehead atoms. The van der Waals surface area contributed by atoms with Crippen LogP contribution in [0, 0.1) is 0 Å². The van der Waals surface area contributed by atoms with Crippen LogP contribution in [0.15, 0.2) is 5.51 Å². The topological polar surface area (TPSA) is 37.8 Å². The van der Waals surface area contributed by atoms with Crippen LogP contribution in [0.3, 0.4) is 0 Å². The molecule has 0 unspecified atom stereocenters. The van der Waals surface area contributed by atoms with E-state index in [1.54, 1.807) is 5.51 Å². The molecule has 0 aliphatic rings. The lowest BCUT2D eigenvalue weighted by atomic mass is 10.1. The fourth-order valence-electron chi connectivity index (χ4n) is 0.550. The second kappa shape index (κ2) is 3.36. The lowest BCUT2D eigenvalue weighted by Crippen LogP contribution is -2.32. The second-order valence-electron chi connectivity index (χ2n) is 2.89. The normalized spacial score (nSPS) is 11.5. The number of aromatic nitrogens is 2. The van der Waals surface area contributed by atoms with Gasteiger partial charge in [0.15, 0.2) is 0 Å². The predicted molar refractivity (Wildman–Crippen MR) is 48.3 cm³/mol. The van der Waals surface area contributed by atoms with Crippen molar-refractivity contribution in [2.75, 3.05) is 11.2 Å². The van der Waals surface area contributed by atoms with Crippen LogP contribution >= 0.6 is 22.9 Å². The molecule has 1 aromatic heterocycles. The predicted octanol–water partition coefficient (Wildman–Crippen LogP) is 1.97. The zero-order valence-corrected chi connectivity index (χ0v) is 8.04. The van der Waals surface area contributed by atoms with E-state index in [4.69, 9.17) is 11.6 Å². The second-order valence-corrected chi connectivity index (χ2v) is 3.99. The number of anilines is 1. The van der Waals surface area contributed by atoms with E-state index in [0.29, 0.717) is 5.88 Å². The monoisotopic (exact) mass is 191 g/mol. The van der Waals surface area contributed by atoms with Crippen LogP contribution in [-0.4, -0.2) is 21.6 Å². The highest BCUT2D eigenvalue weighted by atomic mass is 35.5. The molecule has 0 aromatic carbocycles. The van der Waals surface area contributed by atoms with Gasteiger partial charge in [0.25, 0.3) is 0 Å². The van der Waals surface area contributed by atoms with Gasteiger partial charge in [0.2, 0.25) is 5.13 Å². The summed E-state index contributed by atoms with van der Waals surface area (Å²) in [4.78, 5) is 0. The van der Waals surface area contributed by atoms with E-state index in [2.05, 4.69) is 15.5 Å². The maximum absolute atomic E-state index is 5.70. The van der Waals surface area contributed by atoms with Crippen molar-refractivity contribution >= 4 is 28.1 Å². The Morgan fingerprint density at radius 1 is 1.73 bits per heavy atom. The Balaban J connectivity index is 2.56. The summed E-state index contributed by atoms with van der Waals surface area (Å²) in [5.74, 6) is 0.548. The molecule has 0 amide bonds. The third kappa shape index (κ3) is 2.63. The minimum absolute atomic E-state index is 0.110. The number of nitrogens with zero attached hydrogens (tertiary/aromatic N) is 2. The van der Waals surface area contributed by atoms with Gasteiger partial charge >= 0.3 is 0 Å². The van der Waals surface area contributed by atoms with Gasteiger partial charge < -0.3 is 5.32 Å². The molecule has 0 atom stereocenters. The third-order valence-electron chi connectivity index (χ3n) is 1.14. The van der Waals surface area contributed by atoms with E-state index < -0.39 is 0 Å². The van der Waals surface area contributed by atoms with Crippen molar-refractivity contribution in [1.82, 2.24) is 10.2 Å². The highest BCUT2D eigenvalue weighted by molar-refractivity contribution is 7.13. The van der Waals surface area contributed by atoms with Gasteiger partial charge in [0, 0.05) is 11.4 Å². The molecule has 0 saturated carbocycles. The Morgan fingerprint density at radius 2 is 2.45 bits per heavy atom. The molecule has 1 rings (SSSR count). The third-order valence-corrected chi connectivity index (χ3v) is 2.41. The fourth-order valence-corrected chi connectivity index (χ4v) is 1.24. The lowest BCUT2D eigenvalue weighted by Gasteiger charge is -2.21. The van der Waals surface area contributed by atoms with Crippen molar-refractivity contribution in [3.63, 3.8) is 0 Å². The van der Waals surface area contributed by atoms with Crippen LogP contribution in [0.2, 0.25) is 0 Å². The van der Waals surface area contributed by atoms with Crippen molar-refractivity contribution in [2.45, 2.75) is 19.4 Å². The first-order valence-corrected chi connectivity index (χ1v) is 4.66. The van der Waals surface area contributed by atoms with E-state index in [-0.39, 0.29) is 5.54 Å². The summed E-state index contributed by atoms with van der Waals surface area (Å²) in [5.41, 5.74) is 1.58. The van der Waals surface area contributed by atoms with Gasteiger partial charge in [-0.25, -0.2) is 0 Å². The maximum Gasteiger partial charge on any atom is 0.205 e. The van der Waals surface area contributed by atoms with Crippen molar-refractivity contribution in [1.29, 1.82) is 0 Å².